The number of para-hydroxylation sites is 1. The minimum atomic E-state index is 0.0220. The summed E-state index contributed by atoms with van der Waals surface area (Å²) in [6.07, 6.45) is 2.17. The lowest BCUT2D eigenvalue weighted by molar-refractivity contribution is -0.117. The van der Waals surface area contributed by atoms with Crippen molar-refractivity contribution < 1.29 is 9.53 Å². The molecule has 0 unspecified atom stereocenters. The molecule has 29 heavy (non-hydrogen) atoms. The SMILES string of the molecule is COc1ccc([C@@H]2CCCN2CC(=O)Nc2ccccc2-c2ccccc2)cc1. The zero-order valence-corrected chi connectivity index (χ0v) is 16.7. The maximum absolute atomic E-state index is 12.9. The van der Waals surface area contributed by atoms with Crippen LogP contribution in [0.1, 0.15) is 24.4 Å². The lowest BCUT2D eigenvalue weighted by Gasteiger charge is -2.24. The lowest BCUT2D eigenvalue weighted by atomic mass is 10.0. The first kappa shape index (κ1) is 19.2. The monoisotopic (exact) mass is 386 g/mol. The Morgan fingerprint density at radius 2 is 1.72 bits per heavy atom. The molecule has 1 saturated heterocycles. The second-order valence-electron chi connectivity index (χ2n) is 7.36. The Hall–Kier alpha value is -3.11. The average molecular weight is 386 g/mol. The van der Waals surface area contributed by atoms with Gasteiger partial charge in [-0.15, -0.1) is 0 Å². The first-order chi connectivity index (χ1) is 14.2. The highest BCUT2D eigenvalue weighted by Gasteiger charge is 2.27. The van der Waals surface area contributed by atoms with Crippen LogP contribution in [0.25, 0.3) is 11.1 Å². The van der Waals surface area contributed by atoms with E-state index in [1.807, 2.05) is 54.6 Å². The minimum Gasteiger partial charge on any atom is -0.497 e. The molecule has 4 rings (SSSR count). The maximum Gasteiger partial charge on any atom is 0.238 e. The minimum absolute atomic E-state index is 0.0220. The number of carbonyl (C=O) groups is 1. The van der Waals surface area contributed by atoms with Crippen LogP contribution in [0, 0.1) is 0 Å². The Bertz CT molecular complexity index is 954. The predicted molar refractivity (Wildman–Crippen MR) is 117 cm³/mol. The van der Waals surface area contributed by atoms with E-state index in [0.717, 1.165) is 42.0 Å². The second-order valence-corrected chi connectivity index (χ2v) is 7.36. The van der Waals surface area contributed by atoms with Gasteiger partial charge in [-0.2, -0.15) is 0 Å². The van der Waals surface area contributed by atoms with Crippen LogP contribution >= 0.6 is 0 Å². The van der Waals surface area contributed by atoms with Crippen molar-refractivity contribution in [2.75, 3.05) is 25.5 Å². The van der Waals surface area contributed by atoms with Crippen molar-refractivity contribution in [2.45, 2.75) is 18.9 Å². The van der Waals surface area contributed by atoms with Crippen LogP contribution in [-0.4, -0.2) is 31.0 Å². The molecule has 1 N–H and O–H groups in total. The molecule has 0 radical (unpaired) electrons. The Morgan fingerprint density at radius 1 is 1.00 bits per heavy atom. The van der Waals surface area contributed by atoms with Crippen molar-refractivity contribution in [3.05, 3.63) is 84.4 Å². The molecular formula is C25H26N2O2. The largest absolute Gasteiger partial charge is 0.497 e. The van der Waals surface area contributed by atoms with Crippen molar-refractivity contribution in [3.63, 3.8) is 0 Å². The first-order valence-corrected chi connectivity index (χ1v) is 10.1. The Morgan fingerprint density at radius 3 is 2.48 bits per heavy atom. The predicted octanol–water partition coefficient (Wildman–Crippen LogP) is 5.14. The van der Waals surface area contributed by atoms with Gasteiger partial charge in [-0.25, -0.2) is 0 Å². The fourth-order valence-corrected chi connectivity index (χ4v) is 4.05. The van der Waals surface area contributed by atoms with Gasteiger partial charge in [-0.3, -0.25) is 9.69 Å². The number of amides is 1. The molecule has 1 aliphatic heterocycles. The van der Waals surface area contributed by atoms with E-state index in [-0.39, 0.29) is 11.9 Å². The van der Waals surface area contributed by atoms with Crippen molar-refractivity contribution in [3.8, 4) is 16.9 Å². The molecule has 1 heterocycles. The Kier molecular flexibility index (Phi) is 5.92. The summed E-state index contributed by atoms with van der Waals surface area (Å²) in [7, 11) is 1.68. The molecule has 148 valence electrons. The average Bonchev–Trinajstić information content (AvgIpc) is 3.22. The number of carbonyl (C=O) groups excluding carboxylic acids is 1. The van der Waals surface area contributed by atoms with Gasteiger partial charge in [0.05, 0.1) is 13.7 Å². The van der Waals surface area contributed by atoms with Gasteiger partial charge in [0, 0.05) is 17.3 Å². The summed E-state index contributed by atoms with van der Waals surface area (Å²) in [5.41, 5.74) is 4.22. The lowest BCUT2D eigenvalue weighted by Crippen LogP contribution is -2.33. The van der Waals surface area contributed by atoms with Gasteiger partial charge in [0.2, 0.25) is 5.91 Å². The number of methoxy groups -OCH3 is 1. The van der Waals surface area contributed by atoms with E-state index in [4.69, 9.17) is 4.74 Å². The Balaban J connectivity index is 1.46. The van der Waals surface area contributed by atoms with Crippen LogP contribution in [0.3, 0.4) is 0 Å². The van der Waals surface area contributed by atoms with Crippen molar-refractivity contribution >= 4 is 11.6 Å². The zero-order valence-electron chi connectivity index (χ0n) is 16.7. The number of likely N-dealkylation sites (tertiary alicyclic amines) is 1. The van der Waals surface area contributed by atoms with Crippen molar-refractivity contribution in [1.29, 1.82) is 0 Å². The molecule has 1 fully saturated rings. The molecule has 0 spiro atoms. The smallest absolute Gasteiger partial charge is 0.238 e. The van der Waals surface area contributed by atoms with Crippen molar-refractivity contribution in [2.24, 2.45) is 0 Å². The summed E-state index contributed by atoms with van der Waals surface area (Å²) >= 11 is 0. The molecule has 0 bridgehead atoms. The van der Waals surface area contributed by atoms with Crippen molar-refractivity contribution in [1.82, 2.24) is 4.90 Å². The third kappa shape index (κ3) is 4.49. The number of ether oxygens (including phenoxy) is 1. The Labute approximate surface area is 172 Å². The van der Waals surface area contributed by atoms with E-state index in [1.54, 1.807) is 7.11 Å². The topological polar surface area (TPSA) is 41.6 Å². The third-order valence-electron chi connectivity index (χ3n) is 5.50. The van der Waals surface area contributed by atoms with Gasteiger partial charge in [0.15, 0.2) is 0 Å². The number of benzene rings is 3. The highest BCUT2D eigenvalue weighted by Crippen LogP contribution is 2.33. The van der Waals surface area contributed by atoms with E-state index < -0.39 is 0 Å². The maximum atomic E-state index is 12.9. The van der Waals surface area contributed by atoms with E-state index >= 15 is 0 Å². The molecule has 1 aliphatic rings. The zero-order chi connectivity index (χ0) is 20.1. The van der Waals surface area contributed by atoms with E-state index in [0.29, 0.717) is 6.54 Å². The normalized spacial score (nSPS) is 16.5. The number of anilines is 1. The fraction of sp³-hybridized carbons (Fsp3) is 0.240. The number of hydrogen-bond donors (Lipinski definition) is 1. The van der Waals surface area contributed by atoms with Crippen LogP contribution in [0.4, 0.5) is 5.69 Å². The molecule has 0 saturated carbocycles. The molecule has 3 aromatic rings. The van der Waals surface area contributed by atoms with Gasteiger partial charge in [-0.1, -0.05) is 60.7 Å². The molecular weight excluding hydrogens is 360 g/mol. The number of rotatable bonds is 6. The molecule has 0 aromatic heterocycles. The van der Waals surface area contributed by atoms with E-state index in [9.17, 15) is 4.79 Å². The molecule has 1 amide bonds. The van der Waals surface area contributed by atoms with Gasteiger partial charge in [-0.05, 0) is 48.7 Å². The molecule has 3 aromatic carbocycles. The summed E-state index contributed by atoms with van der Waals surface area (Å²) in [5.74, 6) is 0.877. The fourth-order valence-electron chi connectivity index (χ4n) is 4.05. The quantitative estimate of drug-likeness (QED) is 0.638. The van der Waals surface area contributed by atoms with E-state index in [1.165, 1.54) is 5.56 Å². The van der Waals surface area contributed by atoms with Crippen LogP contribution in [0.5, 0.6) is 5.75 Å². The number of nitrogens with one attached hydrogen (secondary N) is 1. The summed E-state index contributed by atoms with van der Waals surface area (Å²) in [4.78, 5) is 15.1. The molecule has 4 heteroatoms. The van der Waals surface area contributed by atoms with E-state index in [2.05, 4.69) is 34.5 Å². The molecule has 0 aliphatic carbocycles. The van der Waals surface area contributed by atoms with Gasteiger partial charge < -0.3 is 10.1 Å². The highest BCUT2D eigenvalue weighted by atomic mass is 16.5. The number of hydrogen-bond acceptors (Lipinski definition) is 3. The van der Waals surface area contributed by atoms with Gasteiger partial charge >= 0.3 is 0 Å². The van der Waals surface area contributed by atoms with Crippen LogP contribution < -0.4 is 10.1 Å². The van der Waals surface area contributed by atoms with Crippen LogP contribution in [-0.2, 0) is 4.79 Å². The standard InChI is InChI=1S/C25H26N2O2/c1-29-21-15-13-20(14-16-21)24-12-7-17-27(24)18-25(28)26-23-11-6-5-10-22(23)19-8-3-2-4-9-19/h2-6,8-11,13-16,24H,7,12,17-18H2,1H3,(H,26,28)/t24-/m0/s1. The summed E-state index contributed by atoms with van der Waals surface area (Å²) in [5, 5.41) is 3.13. The van der Waals surface area contributed by atoms with Gasteiger partial charge in [0.1, 0.15) is 5.75 Å². The number of nitrogens with zero attached hydrogens (tertiary/aromatic N) is 1. The summed E-state index contributed by atoms with van der Waals surface area (Å²) < 4.78 is 5.26. The third-order valence-corrected chi connectivity index (χ3v) is 5.50. The molecule has 4 nitrogen and oxygen atoms in total. The first-order valence-electron chi connectivity index (χ1n) is 10.1. The van der Waals surface area contributed by atoms with Crippen LogP contribution in [0.2, 0.25) is 0 Å². The highest BCUT2D eigenvalue weighted by molar-refractivity contribution is 5.96. The molecule has 1 atom stereocenters. The second kappa shape index (κ2) is 8.93. The van der Waals surface area contributed by atoms with Crippen LogP contribution in [0.15, 0.2) is 78.9 Å². The summed E-state index contributed by atoms with van der Waals surface area (Å²) in [6, 6.07) is 26.6. The van der Waals surface area contributed by atoms with Gasteiger partial charge in [0.25, 0.3) is 0 Å². The summed E-state index contributed by atoms with van der Waals surface area (Å²) in [6.45, 7) is 1.32.